The molecule has 73 heavy (non-hydrogen) atoms. The molecule has 7 rings (SSSR count). The molecule has 1 aromatic heterocycles. The van der Waals surface area contributed by atoms with Crippen molar-refractivity contribution in [1.82, 2.24) is 20.8 Å². The molecule has 0 aliphatic rings. The summed E-state index contributed by atoms with van der Waals surface area (Å²) in [6.07, 6.45) is -1.35. The number of aromatic amines is 1. The molecule has 0 radical (unpaired) electrons. The van der Waals surface area contributed by atoms with Crippen LogP contribution in [0.4, 0.5) is 14.7 Å². The van der Waals surface area contributed by atoms with Crippen LogP contribution in [-0.2, 0) is 63.1 Å². The maximum absolute atomic E-state index is 13.7. The van der Waals surface area contributed by atoms with E-state index in [2.05, 4.69) is 20.8 Å². The summed E-state index contributed by atoms with van der Waals surface area (Å²) in [4.78, 5) is 64.4. The van der Waals surface area contributed by atoms with Gasteiger partial charge in [-0.2, -0.15) is 4.90 Å². The molecule has 1 heterocycles. The SMILES string of the molecule is CC(C)[C@H](NC(=O)[C@@H](N)Cc1ccc(OCc2ccccc2)cc1)C(=O)N(C(=O)OCc1ccccc1)c1n[nH]c(=S)s1.O=C(N[C@@H](Cc1ccc(OCc2ccccc2)cc1)C(=O)O)OCc1ccccc1. The number of aliphatic carboxylic acids is 1. The lowest BCUT2D eigenvalue weighted by atomic mass is 10.0. The number of aromatic nitrogens is 2. The van der Waals surface area contributed by atoms with Crippen LogP contribution in [0, 0.1) is 9.87 Å². The number of anilines is 1. The summed E-state index contributed by atoms with van der Waals surface area (Å²) in [7, 11) is 0. The lowest BCUT2D eigenvalue weighted by molar-refractivity contribution is -0.139. The second kappa shape index (κ2) is 28.0. The summed E-state index contributed by atoms with van der Waals surface area (Å²) in [6.45, 7) is 4.42. The van der Waals surface area contributed by atoms with Crippen LogP contribution in [0.25, 0.3) is 0 Å². The zero-order chi connectivity index (χ0) is 52.0. The Labute approximate surface area is 432 Å². The van der Waals surface area contributed by atoms with E-state index in [1.807, 2.05) is 133 Å². The van der Waals surface area contributed by atoms with E-state index in [-0.39, 0.29) is 41.1 Å². The molecule has 378 valence electrons. The molecule has 0 fully saturated rings. The van der Waals surface area contributed by atoms with E-state index in [4.69, 9.17) is 36.9 Å². The van der Waals surface area contributed by atoms with Crippen LogP contribution in [0.15, 0.2) is 170 Å². The van der Waals surface area contributed by atoms with Gasteiger partial charge in [-0.1, -0.05) is 171 Å². The molecule has 16 nitrogen and oxygen atoms in total. The van der Waals surface area contributed by atoms with Gasteiger partial charge in [0, 0.05) is 6.42 Å². The molecule has 0 saturated carbocycles. The largest absolute Gasteiger partial charge is 0.489 e. The number of carbonyl (C=O) groups excluding carboxylic acids is 4. The van der Waals surface area contributed by atoms with Crippen LogP contribution in [-0.4, -0.2) is 63.4 Å². The molecule has 0 spiro atoms. The number of hydrogen-bond acceptors (Lipinski definition) is 13. The van der Waals surface area contributed by atoms with Crippen molar-refractivity contribution in [3.8, 4) is 11.5 Å². The van der Waals surface area contributed by atoms with Gasteiger partial charge in [-0.15, -0.1) is 5.10 Å². The maximum Gasteiger partial charge on any atom is 0.423 e. The van der Waals surface area contributed by atoms with E-state index >= 15 is 0 Å². The summed E-state index contributed by atoms with van der Waals surface area (Å²) >= 11 is 6.05. The van der Waals surface area contributed by atoms with Crippen molar-refractivity contribution >= 4 is 58.7 Å². The maximum atomic E-state index is 13.7. The fourth-order valence-corrected chi connectivity index (χ4v) is 7.77. The number of nitrogens with zero attached hydrogens (tertiary/aromatic N) is 2. The third-order valence-corrected chi connectivity index (χ3v) is 11.9. The second-order valence-electron chi connectivity index (χ2n) is 16.8. The van der Waals surface area contributed by atoms with Crippen LogP contribution >= 0.6 is 23.6 Å². The number of alkyl carbamates (subject to hydrolysis) is 1. The van der Waals surface area contributed by atoms with E-state index in [0.29, 0.717) is 24.7 Å². The number of nitrogens with two attached hydrogens (primary N) is 1. The smallest absolute Gasteiger partial charge is 0.423 e. The second-order valence-corrected chi connectivity index (χ2v) is 18.4. The van der Waals surface area contributed by atoms with Gasteiger partial charge in [0.2, 0.25) is 11.0 Å². The number of carboxylic acids is 1. The number of ether oxygens (including phenoxy) is 4. The van der Waals surface area contributed by atoms with Crippen LogP contribution in [0.2, 0.25) is 0 Å². The Kier molecular flexibility index (Phi) is 20.8. The molecule has 0 aliphatic heterocycles. The summed E-state index contributed by atoms with van der Waals surface area (Å²) in [5, 5.41) is 21.2. The minimum absolute atomic E-state index is 0.00633. The fraction of sp³-hybridized carbons (Fsp3) is 0.218. The average molecular weight is 1030 g/mol. The Balaban J connectivity index is 0.000000254. The molecule has 0 unspecified atom stereocenters. The zero-order valence-corrected chi connectivity index (χ0v) is 41.8. The summed E-state index contributed by atoms with van der Waals surface area (Å²) < 4.78 is 22.4. The Hall–Kier alpha value is -8.19. The van der Waals surface area contributed by atoms with E-state index in [0.717, 1.165) is 49.6 Å². The van der Waals surface area contributed by atoms with E-state index in [1.165, 1.54) is 0 Å². The average Bonchev–Trinajstić information content (AvgIpc) is 3.84. The first-order valence-electron chi connectivity index (χ1n) is 23.2. The molecule has 18 heteroatoms. The minimum Gasteiger partial charge on any atom is -0.489 e. The van der Waals surface area contributed by atoms with Crippen molar-refractivity contribution in [3.05, 3.63) is 207 Å². The molecule has 7 aromatic rings. The lowest BCUT2D eigenvalue weighted by Crippen LogP contribution is -2.56. The highest BCUT2D eigenvalue weighted by molar-refractivity contribution is 7.73. The number of hydrogen-bond donors (Lipinski definition) is 5. The first-order chi connectivity index (χ1) is 35.3. The third kappa shape index (κ3) is 17.9. The van der Waals surface area contributed by atoms with E-state index in [1.54, 1.807) is 50.2 Å². The highest BCUT2D eigenvalue weighted by atomic mass is 32.1. The van der Waals surface area contributed by atoms with Gasteiger partial charge in [-0.25, -0.2) is 14.4 Å². The standard InChI is InChI=1S/C31H33N5O5S2.C24H23NO5/c1-20(2)26(28(38)36(29-34-35-30(42)43-29)31(39)41-19-23-11-7-4-8-12-23)33-27(37)25(32)17-21-13-15-24(16-14-21)40-18-22-9-5-3-6-10-22;26-23(27)22(25-24(28)30-17-20-9-5-2-6-10-20)15-18-11-13-21(14-12-18)29-16-19-7-3-1-4-8-19/h3-16,20,25-26H,17-19,32H2,1-2H3,(H,33,37)(H,35,42);1-14,22H,15-17H2,(H,25,28)(H,26,27)/t25-,26-;22-/m00/s1. The number of amides is 4. The van der Waals surface area contributed by atoms with Gasteiger partial charge >= 0.3 is 18.2 Å². The van der Waals surface area contributed by atoms with Gasteiger partial charge in [-0.05, 0) is 82.2 Å². The van der Waals surface area contributed by atoms with Gasteiger partial charge in [0.25, 0.3) is 5.91 Å². The molecule has 6 aromatic carbocycles. The topological polar surface area (TPSA) is 224 Å². The van der Waals surface area contributed by atoms with Crippen LogP contribution in [0.3, 0.4) is 0 Å². The van der Waals surface area contributed by atoms with Gasteiger partial charge in [-0.3, -0.25) is 14.7 Å². The molecular formula is C55H56N6O10S2. The minimum atomic E-state index is -1.13. The number of rotatable bonds is 21. The van der Waals surface area contributed by atoms with Crippen molar-refractivity contribution in [3.63, 3.8) is 0 Å². The van der Waals surface area contributed by atoms with Gasteiger partial charge < -0.3 is 40.4 Å². The molecule has 4 amide bonds. The highest BCUT2D eigenvalue weighted by Crippen LogP contribution is 2.23. The summed E-state index contributed by atoms with van der Waals surface area (Å²) in [5.74, 6) is -1.39. The molecule has 3 atom stereocenters. The summed E-state index contributed by atoms with van der Waals surface area (Å²) in [5.41, 5.74) is 11.5. The Morgan fingerprint density at radius 1 is 0.616 bits per heavy atom. The first kappa shape index (κ1) is 54.1. The number of carbonyl (C=O) groups is 5. The molecule has 0 saturated heterocycles. The predicted octanol–water partition coefficient (Wildman–Crippen LogP) is 9.35. The Morgan fingerprint density at radius 3 is 1.48 bits per heavy atom. The number of carboxylic acid groups (broad SMARTS) is 1. The van der Waals surface area contributed by atoms with E-state index in [9.17, 15) is 29.1 Å². The van der Waals surface area contributed by atoms with Crippen LogP contribution in [0.1, 0.15) is 47.2 Å². The molecule has 6 N–H and O–H groups in total. The van der Waals surface area contributed by atoms with Gasteiger partial charge in [0.05, 0.1) is 6.04 Å². The number of benzene rings is 6. The number of imide groups is 1. The molecule has 0 bridgehead atoms. The van der Waals surface area contributed by atoms with Crippen LogP contribution in [0.5, 0.6) is 11.5 Å². The van der Waals surface area contributed by atoms with Crippen molar-refractivity contribution < 1.29 is 48.0 Å². The Bertz CT molecular complexity index is 2890. The van der Waals surface area contributed by atoms with Crippen molar-refractivity contribution in [1.29, 1.82) is 0 Å². The van der Waals surface area contributed by atoms with Crippen molar-refractivity contribution in [2.45, 2.75) is 71.2 Å². The lowest BCUT2D eigenvalue weighted by Gasteiger charge is -2.27. The Morgan fingerprint density at radius 2 is 1.05 bits per heavy atom. The number of nitrogens with one attached hydrogen (secondary N) is 3. The van der Waals surface area contributed by atoms with Crippen molar-refractivity contribution in [2.24, 2.45) is 11.7 Å². The normalized spacial score (nSPS) is 11.9. The predicted molar refractivity (Wildman–Crippen MR) is 279 cm³/mol. The highest BCUT2D eigenvalue weighted by Gasteiger charge is 2.37. The molecule has 0 aliphatic carbocycles. The van der Waals surface area contributed by atoms with Crippen LogP contribution < -0.4 is 30.7 Å². The summed E-state index contributed by atoms with van der Waals surface area (Å²) in [6, 6.07) is 49.2. The van der Waals surface area contributed by atoms with E-state index < -0.39 is 48.1 Å². The van der Waals surface area contributed by atoms with Gasteiger partial charge in [0.1, 0.15) is 50.0 Å². The molecular weight excluding hydrogens is 969 g/mol. The zero-order valence-electron chi connectivity index (χ0n) is 40.1. The first-order valence-corrected chi connectivity index (χ1v) is 24.4. The monoisotopic (exact) mass is 1020 g/mol. The fourth-order valence-electron chi connectivity index (χ4n) is 6.89. The van der Waals surface area contributed by atoms with Gasteiger partial charge in [0.15, 0.2) is 3.95 Å². The quantitative estimate of drug-likeness (QED) is 0.0424. The van der Waals surface area contributed by atoms with Crippen molar-refractivity contribution in [2.75, 3.05) is 4.90 Å². The number of H-pyrrole nitrogens is 1. The third-order valence-electron chi connectivity index (χ3n) is 10.8.